The van der Waals surface area contributed by atoms with Crippen molar-refractivity contribution in [3.8, 4) is 0 Å². The minimum atomic E-state index is -4.57. The van der Waals surface area contributed by atoms with E-state index < -0.39 is 23.8 Å². The number of amides is 1. The van der Waals surface area contributed by atoms with Gasteiger partial charge in [0.05, 0.1) is 23.0 Å². The Hall–Kier alpha value is -1.77. The summed E-state index contributed by atoms with van der Waals surface area (Å²) >= 11 is 3.02. The molecule has 9 heteroatoms. The summed E-state index contributed by atoms with van der Waals surface area (Å²) < 4.78 is 45.5. The van der Waals surface area contributed by atoms with Gasteiger partial charge in [-0.25, -0.2) is 0 Å². The topological polar surface area (TPSA) is 60.1 Å². The highest BCUT2D eigenvalue weighted by Crippen LogP contribution is 2.47. The van der Waals surface area contributed by atoms with E-state index in [2.05, 4.69) is 26.3 Å². The molecule has 130 valence electrons. The fourth-order valence-corrected chi connectivity index (χ4v) is 3.28. The first-order chi connectivity index (χ1) is 11.3. The highest BCUT2D eigenvalue weighted by molar-refractivity contribution is 9.10. The number of aromatic nitrogens is 2. The van der Waals surface area contributed by atoms with Crippen molar-refractivity contribution in [1.29, 1.82) is 0 Å². The van der Waals surface area contributed by atoms with E-state index in [4.69, 9.17) is 4.42 Å². The molecule has 1 aliphatic rings. The first kappa shape index (κ1) is 17.1. The van der Waals surface area contributed by atoms with Gasteiger partial charge < -0.3 is 9.73 Å². The predicted molar refractivity (Wildman–Crippen MR) is 82.2 cm³/mol. The standard InChI is InChI=1S/C15H15BrF3N3O2/c1-8(14(23)20-7-10-3-2-6-24-10)22-12(9-4-5-9)11(16)13(21-22)15(17,18)19/h2-3,6,8-9H,4-5,7H2,1H3,(H,20,23). The van der Waals surface area contributed by atoms with Gasteiger partial charge in [0.25, 0.3) is 0 Å². The van der Waals surface area contributed by atoms with Gasteiger partial charge in [0, 0.05) is 5.92 Å². The molecule has 2 aromatic heterocycles. The second-order valence-electron chi connectivity index (χ2n) is 5.74. The highest BCUT2D eigenvalue weighted by atomic mass is 79.9. The van der Waals surface area contributed by atoms with Crippen LogP contribution in [0.25, 0.3) is 0 Å². The van der Waals surface area contributed by atoms with Crippen LogP contribution in [0.5, 0.6) is 0 Å². The summed E-state index contributed by atoms with van der Waals surface area (Å²) in [5.74, 6) is 0.149. The number of nitrogens with zero attached hydrogens (tertiary/aromatic N) is 2. The molecule has 0 aliphatic heterocycles. The van der Waals surface area contributed by atoms with Gasteiger partial charge in [-0.05, 0) is 47.8 Å². The fourth-order valence-electron chi connectivity index (χ4n) is 2.47. The number of hydrogen-bond donors (Lipinski definition) is 1. The lowest BCUT2D eigenvalue weighted by Gasteiger charge is -2.15. The van der Waals surface area contributed by atoms with Crippen molar-refractivity contribution in [2.45, 2.75) is 44.4 Å². The zero-order valence-corrected chi connectivity index (χ0v) is 14.3. The Balaban J connectivity index is 1.83. The van der Waals surface area contributed by atoms with E-state index in [0.717, 1.165) is 12.8 Å². The van der Waals surface area contributed by atoms with E-state index in [1.165, 1.54) is 17.9 Å². The molecule has 0 saturated heterocycles. The first-order valence-corrected chi connectivity index (χ1v) is 8.23. The maximum atomic E-state index is 13.1. The summed E-state index contributed by atoms with van der Waals surface area (Å²) in [5.41, 5.74) is -0.557. The third-order valence-electron chi connectivity index (χ3n) is 3.88. The predicted octanol–water partition coefficient (Wildman–Crippen LogP) is 4.01. The van der Waals surface area contributed by atoms with E-state index in [0.29, 0.717) is 11.5 Å². The lowest BCUT2D eigenvalue weighted by Crippen LogP contribution is -2.31. The second kappa shape index (κ2) is 6.27. The van der Waals surface area contributed by atoms with Crippen LogP contribution in [0.3, 0.4) is 0 Å². The maximum absolute atomic E-state index is 13.1. The third kappa shape index (κ3) is 3.35. The SMILES string of the molecule is CC(C(=O)NCc1ccco1)n1nc(C(F)(F)F)c(Br)c1C1CC1. The number of halogens is 4. The Bertz CT molecular complexity index is 736. The number of carbonyl (C=O) groups excluding carboxylic acids is 1. The molecule has 5 nitrogen and oxygen atoms in total. The molecule has 2 aromatic rings. The van der Waals surface area contributed by atoms with Crippen molar-refractivity contribution >= 4 is 21.8 Å². The minimum Gasteiger partial charge on any atom is -0.467 e. The molecule has 1 atom stereocenters. The van der Waals surface area contributed by atoms with E-state index in [-0.39, 0.29) is 16.9 Å². The van der Waals surface area contributed by atoms with Crippen molar-refractivity contribution in [2.75, 3.05) is 0 Å². The molecule has 1 fully saturated rings. The average Bonchev–Trinajstić information content (AvgIpc) is 3.08. The Kier molecular flexibility index (Phi) is 4.46. The molecule has 1 aliphatic carbocycles. The number of hydrogen-bond acceptors (Lipinski definition) is 3. The Morgan fingerprint density at radius 1 is 1.54 bits per heavy atom. The van der Waals surface area contributed by atoms with Gasteiger partial charge in [-0.2, -0.15) is 18.3 Å². The number of carbonyl (C=O) groups is 1. The van der Waals surface area contributed by atoms with Gasteiger partial charge in [-0.1, -0.05) is 0 Å². The largest absolute Gasteiger partial charge is 0.467 e. The van der Waals surface area contributed by atoms with Crippen LogP contribution < -0.4 is 5.32 Å². The van der Waals surface area contributed by atoms with Gasteiger partial charge in [0.2, 0.25) is 5.91 Å². The highest BCUT2D eigenvalue weighted by Gasteiger charge is 2.42. The molecule has 2 heterocycles. The lowest BCUT2D eigenvalue weighted by atomic mass is 10.2. The molecule has 24 heavy (non-hydrogen) atoms. The molecule has 0 spiro atoms. The molecule has 1 unspecified atom stereocenters. The zero-order valence-electron chi connectivity index (χ0n) is 12.7. The maximum Gasteiger partial charge on any atom is 0.436 e. The van der Waals surface area contributed by atoms with E-state index in [1.807, 2.05) is 0 Å². The average molecular weight is 406 g/mol. The molecule has 3 rings (SSSR count). The molecule has 1 amide bonds. The van der Waals surface area contributed by atoms with E-state index in [1.54, 1.807) is 12.1 Å². The van der Waals surface area contributed by atoms with Gasteiger partial charge in [0.15, 0.2) is 5.69 Å². The molecule has 1 N–H and O–H groups in total. The lowest BCUT2D eigenvalue weighted by molar-refractivity contribution is -0.142. The smallest absolute Gasteiger partial charge is 0.436 e. The quantitative estimate of drug-likeness (QED) is 0.817. The van der Waals surface area contributed by atoms with Gasteiger partial charge in [-0.3, -0.25) is 9.48 Å². The Labute approximate surface area is 144 Å². The fraction of sp³-hybridized carbons (Fsp3) is 0.467. The Morgan fingerprint density at radius 3 is 2.79 bits per heavy atom. The van der Waals surface area contributed by atoms with Crippen molar-refractivity contribution < 1.29 is 22.4 Å². The summed E-state index contributed by atoms with van der Waals surface area (Å²) in [6, 6.07) is 2.53. The van der Waals surface area contributed by atoms with E-state index >= 15 is 0 Å². The molecule has 1 saturated carbocycles. The Morgan fingerprint density at radius 2 is 2.25 bits per heavy atom. The van der Waals surface area contributed by atoms with Gasteiger partial charge in [0.1, 0.15) is 11.8 Å². The van der Waals surface area contributed by atoms with Crippen molar-refractivity contribution in [3.63, 3.8) is 0 Å². The van der Waals surface area contributed by atoms with Crippen LogP contribution in [0.15, 0.2) is 27.3 Å². The number of rotatable bonds is 5. The number of nitrogens with one attached hydrogen (secondary N) is 1. The number of furan rings is 1. The van der Waals surface area contributed by atoms with Crippen LogP contribution in [-0.2, 0) is 17.5 Å². The molecule has 0 bridgehead atoms. The van der Waals surface area contributed by atoms with Crippen LogP contribution in [0.1, 0.15) is 48.9 Å². The molecule has 0 aromatic carbocycles. The first-order valence-electron chi connectivity index (χ1n) is 7.44. The molecule has 0 radical (unpaired) electrons. The summed E-state index contributed by atoms with van der Waals surface area (Å²) in [5, 5.41) is 6.32. The summed E-state index contributed by atoms with van der Waals surface area (Å²) in [6.07, 6.45) is -1.50. The van der Waals surface area contributed by atoms with Crippen LogP contribution in [0.4, 0.5) is 13.2 Å². The van der Waals surface area contributed by atoms with Gasteiger partial charge in [-0.15, -0.1) is 0 Å². The van der Waals surface area contributed by atoms with Crippen molar-refractivity contribution in [3.05, 3.63) is 40.0 Å². The van der Waals surface area contributed by atoms with Crippen LogP contribution in [0, 0.1) is 0 Å². The normalized spacial score (nSPS) is 16.2. The van der Waals surface area contributed by atoms with Crippen LogP contribution in [0.2, 0.25) is 0 Å². The van der Waals surface area contributed by atoms with Crippen LogP contribution in [-0.4, -0.2) is 15.7 Å². The van der Waals surface area contributed by atoms with Crippen molar-refractivity contribution in [1.82, 2.24) is 15.1 Å². The minimum absolute atomic E-state index is 0.00305. The second-order valence-corrected chi connectivity index (χ2v) is 6.53. The van der Waals surface area contributed by atoms with Crippen LogP contribution >= 0.6 is 15.9 Å². The summed E-state index contributed by atoms with van der Waals surface area (Å²) in [7, 11) is 0. The zero-order chi connectivity index (χ0) is 17.5. The summed E-state index contributed by atoms with van der Waals surface area (Å²) in [4.78, 5) is 12.3. The van der Waals surface area contributed by atoms with Gasteiger partial charge >= 0.3 is 6.18 Å². The molecular formula is C15H15BrF3N3O2. The monoisotopic (exact) mass is 405 g/mol. The third-order valence-corrected chi connectivity index (χ3v) is 4.66. The summed E-state index contributed by atoms with van der Waals surface area (Å²) in [6.45, 7) is 1.70. The number of alkyl halides is 3. The van der Waals surface area contributed by atoms with E-state index in [9.17, 15) is 18.0 Å². The molecular weight excluding hydrogens is 391 g/mol. The van der Waals surface area contributed by atoms with Crippen molar-refractivity contribution in [2.24, 2.45) is 0 Å².